The molecule has 6 nitrogen and oxygen atoms in total. The molecule has 0 spiro atoms. The van der Waals surface area contributed by atoms with E-state index in [1.54, 1.807) is 13.2 Å². The van der Waals surface area contributed by atoms with Crippen molar-refractivity contribution in [2.45, 2.75) is 32.4 Å². The SMILES string of the molecule is CC(Cc1ccco1)Nc1nnc(C(C)N)o1. The molecule has 3 N–H and O–H groups in total. The third-order valence-corrected chi connectivity index (χ3v) is 2.29. The van der Waals surface area contributed by atoms with Crippen LogP contribution < -0.4 is 11.1 Å². The van der Waals surface area contributed by atoms with Crippen molar-refractivity contribution in [2.24, 2.45) is 5.73 Å². The summed E-state index contributed by atoms with van der Waals surface area (Å²) >= 11 is 0. The third-order valence-electron chi connectivity index (χ3n) is 2.29. The Hall–Kier alpha value is -1.82. The van der Waals surface area contributed by atoms with Gasteiger partial charge >= 0.3 is 6.01 Å². The quantitative estimate of drug-likeness (QED) is 0.821. The molecule has 0 aliphatic heterocycles. The molecule has 17 heavy (non-hydrogen) atoms. The summed E-state index contributed by atoms with van der Waals surface area (Å²) in [5.74, 6) is 1.34. The molecule has 2 unspecified atom stereocenters. The molecular formula is C11H16N4O2. The highest BCUT2D eigenvalue weighted by Crippen LogP contribution is 2.13. The van der Waals surface area contributed by atoms with Gasteiger partial charge in [0.1, 0.15) is 5.76 Å². The number of hydrogen-bond acceptors (Lipinski definition) is 6. The van der Waals surface area contributed by atoms with Gasteiger partial charge in [-0.2, -0.15) is 0 Å². The smallest absolute Gasteiger partial charge is 0.315 e. The zero-order chi connectivity index (χ0) is 12.3. The predicted molar refractivity (Wildman–Crippen MR) is 62.4 cm³/mol. The standard InChI is InChI=1S/C11H16N4O2/c1-7(6-9-4-3-5-16-9)13-11-15-14-10(17-11)8(2)12/h3-5,7-8H,6,12H2,1-2H3,(H,13,15). The summed E-state index contributed by atoms with van der Waals surface area (Å²) in [6.07, 6.45) is 2.41. The van der Waals surface area contributed by atoms with Crippen LogP contribution in [0, 0.1) is 0 Å². The maximum absolute atomic E-state index is 5.63. The Morgan fingerprint density at radius 3 is 2.82 bits per heavy atom. The largest absolute Gasteiger partial charge is 0.469 e. The van der Waals surface area contributed by atoms with E-state index in [0.29, 0.717) is 11.9 Å². The number of hydrogen-bond donors (Lipinski definition) is 2. The number of furan rings is 1. The van der Waals surface area contributed by atoms with Gasteiger partial charge in [-0.1, -0.05) is 5.10 Å². The summed E-state index contributed by atoms with van der Waals surface area (Å²) in [5.41, 5.74) is 5.63. The highest BCUT2D eigenvalue weighted by atomic mass is 16.4. The Balaban J connectivity index is 1.91. The van der Waals surface area contributed by atoms with Gasteiger partial charge < -0.3 is 19.9 Å². The van der Waals surface area contributed by atoms with Crippen molar-refractivity contribution in [3.05, 3.63) is 30.0 Å². The molecule has 0 bridgehead atoms. The van der Waals surface area contributed by atoms with E-state index in [4.69, 9.17) is 14.6 Å². The van der Waals surface area contributed by atoms with Crippen LogP contribution >= 0.6 is 0 Å². The third kappa shape index (κ3) is 3.07. The average molecular weight is 236 g/mol. The first-order valence-corrected chi connectivity index (χ1v) is 5.53. The summed E-state index contributed by atoms with van der Waals surface area (Å²) in [4.78, 5) is 0. The van der Waals surface area contributed by atoms with Crippen LogP contribution in [-0.4, -0.2) is 16.2 Å². The van der Waals surface area contributed by atoms with Crippen LogP contribution in [0.2, 0.25) is 0 Å². The number of rotatable bonds is 5. The van der Waals surface area contributed by atoms with Gasteiger partial charge in [0.15, 0.2) is 0 Å². The minimum atomic E-state index is -0.251. The lowest BCUT2D eigenvalue weighted by Crippen LogP contribution is -2.17. The van der Waals surface area contributed by atoms with Crippen molar-refractivity contribution in [3.8, 4) is 0 Å². The van der Waals surface area contributed by atoms with Gasteiger partial charge in [-0.25, -0.2) is 0 Å². The molecule has 0 fully saturated rings. The van der Waals surface area contributed by atoms with E-state index in [2.05, 4.69) is 15.5 Å². The maximum Gasteiger partial charge on any atom is 0.315 e. The lowest BCUT2D eigenvalue weighted by molar-refractivity contribution is 0.463. The van der Waals surface area contributed by atoms with Crippen molar-refractivity contribution in [2.75, 3.05) is 5.32 Å². The topological polar surface area (TPSA) is 90.1 Å². The monoisotopic (exact) mass is 236 g/mol. The molecule has 2 aromatic heterocycles. The molecule has 0 aromatic carbocycles. The molecule has 6 heteroatoms. The van der Waals surface area contributed by atoms with Crippen LogP contribution in [0.4, 0.5) is 6.01 Å². The highest BCUT2D eigenvalue weighted by molar-refractivity contribution is 5.20. The van der Waals surface area contributed by atoms with Gasteiger partial charge in [0, 0.05) is 12.5 Å². The van der Waals surface area contributed by atoms with E-state index in [9.17, 15) is 0 Å². The average Bonchev–Trinajstić information content (AvgIpc) is 2.88. The molecule has 0 radical (unpaired) electrons. The molecule has 0 saturated carbocycles. The van der Waals surface area contributed by atoms with E-state index < -0.39 is 0 Å². The Morgan fingerprint density at radius 2 is 2.24 bits per heavy atom. The van der Waals surface area contributed by atoms with Crippen LogP contribution in [0.3, 0.4) is 0 Å². The lowest BCUT2D eigenvalue weighted by atomic mass is 10.2. The van der Waals surface area contributed by atoms with Crippen LogP contribution in [0.25, 0.3) is 0 Å². The summed E-state index contributed by atoms with van der Waals surface area (Å²) in [6, 6.07) is 4.07. The fourth-order valence-corrected chi connectivity index (χ4v) is 1.47. The Bertz CT molecular complexity index is 450. The van der Waals surface area contributed by atoms with Crippen molar-refractivity contribution >= 4 is 6.01 Å². The number of nitrogens with zero attached hydrogens (tertiary/aromatic N) is 2. The number of nitrogens with two attached hydrogens (primary N) is 1. The second-order valence-corrected chi connectivity index (χ2v) is 4.06. The van der Waals surface area contributed by atoms with E-state index in [1.165, 1.54) is 0 Å². The Kier molecular flexibility index (Phi) is 3.43. The van der Waals surface area contributed by atoms with E-state index >= 15 is 0 Å². The second kappa shape index (κ2) is 5.01. The molecule has 2 aromatic rings. The lowest BCUT2D eigenvalue weighted by Gasteiger charge is -2.09. The van der Waals surface area contributed by atoms with Gasteiger partial charge in [-0.15, -0.1) is 5.10 Å². The molecule has 2 atom stereocenters. The molecule has 0 amide bonds. The zero-order valence-corrected chi connectivity index (χ0v) is 9.88. The first-order valence-electron chi connectivity index (χ1n) is 5.53. The number of anilines is 1. The Labute approximate surface area is 99.2 Å². The maximum atomic E-state index is 5.63. The minimum absolute atomic E-state index is 0.141. The van der Waals surface area contributed by atoms with Crippen LogP contribution in [0.1, 0.15) is 31.5 Å². The van der Waals surface area contributed by atoms with Crippen molar-refractivity contribution in [3.63, 3.8) is 0 Å². The number of nitrogens with one attached hydrogen (secondary N) is 1. The fraction of sp³-hybridized carbons (Fsp3) is 0.455. The van der Waals surface area contributed by atoms with Crippen molar-refractivity contribution in [1.82, 2.24) is 10.2 Å². The van der Waals surface area contributed by atoms with E-state index in [0.717, 1.165) is 12.2 Å². The Morgan fingerprint density at radius 1 is 1.41 bits per heavy atom. The minimum Gasteiger partial charge on any atom is -0.469 e. The first kappa shape index (κ1) is 11.7. The molecule has 2 heterocycles. The normalized spacial score (nSPS) is 14.5. The highest BCUT2D eigenvalue weighted by Gasteiger charge is 2.12. The summed E-state index contributed by atoms with van der Waals surface area (Å²) < 4.78 is 10.6. The molecule has 0 aliphatic rings. The van der Waals surface area contributed by atoms with Gasteiger partial charge in [-0.3, -0.25) is 0 Å². The zero-order valence-electron chi connectivity index (χ0n) is 9.88. The van der Waals surface area contributed by atoms with Crippen LogP contribution in [0.5, 0.6) is 0 Å². The van der Waals surface area contributed by atoms with E-state index in [-0.39, 0.29) is 12.1 Å². The van der Waals surface area contributed by atoms with Crippen LogP contribution in [0.15, 0.2) is 27.2 Å². The molecular weight excluding hydrogens is 220 g/mol. The summed E-state index contributed by atoms with van der Waals surface area (Å²) in [6.45, 7) is 3.81. The second-order valence-electron chi connectivity index (χ2n) is 4.06. The number of aromatic nitrogens is 2. The molecule has 0 saturated heterocycles. The van der Waals surface area contributed by atoms with E-state index in [1.807, 2.05) is 19.1 Å². The van der Waals surface area contributed by atoms with Crippen molar-refractivity contribution < 1.29 is 8.83 Å². The summed E-state index contributed by atoms with van der Waals surface area (Å²) in [5, 5.41) is 10.8. The van der Waals surface area contributed by atoms with Gasteiger partial charge in [0.25, 0.3) is 0 Å². The van der Waals surface area contributed by atoms with Gasteiger partial charge in [-0.05, 0) is 26.0 Å². The molecule has 0 aliphatic carbocycles. The predicted octanol–water partition coefficient (Wildman–Crippen LogP) is 1.73. The van der Waals surface area contributed by atoms with Gasteiger partial charge in [0.05, 0.1) is 12.3 Å². The molecule has 2 rings (SSSR count). The first-order chi connectivity index (χ1) is 8.15. The van der Waals surface area contributed by atoms with Gasteiger partial charge in [0.2, 0.25) is 5.89 Å². The fourth-order valence-electron chi connectivity index (χ4n) is 1.47. The van der Waals surface area contributed by atoms with Crippen LogP contribution in [-0.2, 0) is 6.42 Å². The molecule has 92 valence electrons. The summed E-state index contributed by atoms with van der Waals surface area (Å²) in [7, 11) is 0. The van der Waals surface area contributed by atoms with Crippen molar-refractivity contribution in [1.29, 1.82) is 0 Å².